The fourth-order valence-corrected chi connectivity index (χ4v) is 5.14. The number of benzene rings is 2. The van der Waals surface area contributed by atoms with E-state index in [0.29, 0.717) is 23.3 Å². The van der Waals surface area contributed by atoms with Crippen LogP contribution >= 0.6 is 0 Å². The van der Waals surface area contributed by atoms with E-state index in [4.69, 9.17) is 4.74 Å². The average molecular weight is 389 g/mol. The molecule has 0 unspecified atom stereocenters. The van der Waals surface area contributed by atoms with Gasteiger partial charge in [-0.1, -0.05) is 29.8 Å². The van der Waals surface area contributed by atoms with Crippen LogP contribution in [0.25, 0.3) is 0 Å². The van der Waals surface area contributed by atoms with Crippen molar-refractivity contribution in [1.82, 2.24) is 0 Å². The van der Waals surface area contributed by atoms with Gasteiger partial charge in [0.25, 0.3) is 0 Å². The van der Waals surface area contributed by atoms with E-state index in [1.807, 2.05) is 37.3 Å². The normalized spacial score (nSPS) is 31.1. The van der Waals surface area contributed by atoms with E-state index in [0.717, 1.165) is 12.2 Å². The number of nitrogens with one attached hydrogen (secondary N) is 1. The van der Waals surface area contributed by atoms with Crippen LogP contribution in [0, 0.1) is 42.4 Å². The molecule has 148 valence electrons. The molecule has 29 heavy (non-hydrogen) atoms. The van der Waals surface area contributed by atoms with Gasteiger partial charge in [-0.15, -0.1) is 0 Å². The van der Waals surface area contributed by atoms with Crippen LogP contribution in [0.1, 0.15) is 12.0 Å². The highest BCUT2D eigenvalue weighted by Crippen LogP contribution is 2.63. The number of rotatable bonds is 5. The molecule has 0 heterocycles. The molecule has 2 bridgehead atoms. The van der Waals surface area contributed by atoms with E-state index in [1.165, 1.54) is 5.56 Å². The van der Waals surface area contributed by atoms with Gasteiger partial charge in [0.15, 0.2) is 0 Å². The van der Waals surface area contributed by atoms with Gasteiger partial charge in [0.05, 0.1) is 11.8 Å². The molecule has 5 nitrogen and oxygen atoms in total. The SMILES string of the molecule is Cc1ccc(Oc2ccc(NC(=O)[C@H]3[C@H]4C=C[C@H]([C@H]5C[C@H]45)[C@@H]3C(=O)O)cc2)cc1. The summed E-state index contributed by atoms with van der Waals surface area (Å²) in [5.41, 5.74) is 1.81. The molecule has 2 N–H and O–H groups in total. The number of carbonyl (C=O) groups excluding carboxylic acids is 1. The molecule has 2 saturated carbocycles. The number of ether oxygens (including phenoxy) is 1. The number of aliphatic carboxylic acids is 1. The minimum Gasteiger partial charge on any atom is -0.481 e. The third-order valence-electron chi connectivity index (χ3n) is 6.62. The van der Waals surface area contributed by atoms with Crippen molar-refractivity contribution in [3.63, 3.8) is 0 Å². The van der Waals surface area contributed by atoms with Crippen molar-refractivity contribution in [1.29, 1.82) is 0 Å². The number of amides is 1. The first-order valence-corrected chi connectivity index (χ1v) is 10.1. The fraction of sp³-hybridized carbons (Fsp3) is 0.333. The smallest absolute Gasteiger partial charge is 0.307 e. The first kappa shape index (κ1) is 18.0. The fourth-order valence-electron chi connectivity index (χ4n) is 5.14. The molecule has 0 radical (unpaired) electrons. The van der Waals surface area contributed by atoms with E-state index in [9.17, 15) is 14.7 Å². The number of carboxylic acids is 1. The van der Waals surface area contributed by atoms with Gasteiger partial charge in [0, 0.05) is 5.69 Å². The monoisotopic (exact) mass is 389 g/mol. The third kappa shape index (κ3) is 3.20. The molecule has 2 fully saturated rings. The van der Waals surface area contributed by atoms with Crippen molar-refractivity contribution >= 4 is 17.6 Å². The van der Waals surface area contributed by atoms with Crippen LogP contribution in [0.2, 0.25) is 0 Å². The molecular formula is C24H23NO4. The number of hydrogen-bond acceptors (Lipinski definition) is 3. The Morgan fingerprint density at radius 2 is 1.45 bits per heavy atom. The number of carboxylic acid groups (broad SMARTS) is 1. The Hall–Kier alpha value is -3.08. The predicted molar refractivity (Wildman–Crippen MR) is 109 cm³/mol. The summed E-state index contributed by atoms with van der Waals surface area (Å²) in [6, 6.07) is 15.0. The summed E-state index contributed by atoms with van der Waals surface area (Å²) in [5, 5.41) is 12.7. The van der Waals surface area contributed by atoms with Crippen LogP contribution in [-0.4, -0.2) is 17.0 Å². The van der Waals surface area contributed by atoms with Gasteiger partial charge in [-0.05, 0) is 73.4 Å². The van der Waals surface area contributed by atoms with E-state index < -0.39 is 17.8 Å². The Kier molecular flexibility index (Phi) is 4.19. The molecular weight excluding hydrogens is 366 g/mol. The van der Waals surface area contributed by atoms with Crippen LogP contribution in [0.4, 0.5) is 5.69 Å². The second-order valence-electron chi connectivity index (χ2n) is 8.42. The Morgan fingerprint density at radius 3 is 2.03 bits per heavy atom. The lowest BCUT2D eigenvalue weighted by atomic mass is 9.62. The first-order valence-electron chi connectivity index (χ1n) is 10.1. The molecule has 0 aliphatic heterocycles. The highest BCUT2D eigenvalue weighted by molar-refractivity contribution is 5.96. The minimum atomic E-state index is -0.864. The number of anilines is 1. The van der Waals surface area contributed by atoms with Gasteiger partial charge in [-0.2, -0.15) is 0 Å². The Labute approximate surface area is 169 Å². The van der Waals surface area contributed by atoms with E-state index >= 15 is 0 Å². The predicted octanol–water partition coefficient (Wildman–Crippen LogP) is 4.49. The van der Waals surface area contributed by atoms with Crippen molar-refractivity contribution in [2.24, 2.45) is 35.5 Å². The van der Waals surface area contributed by atoms with Crippen molar-refractivity contribution < 1.29 is 19.4 Å². The summed E-state index contributed by atoms with van der Waals surface area (Å²) in [6.07, 6.45) is 5.14. The second kappa shape index (κ2) is 6.76. The zero-order valence-corrected chi connectivity index (χ0v) is 16.1. The highest BCUT2D eigenvalue weighted by atomic mass is 16.5. The third-order valence-corrected chi connectivity index (χ3v) is 6.62. The Morgan fingerprint density at radius 1 is 0.897 bits per heavy atom. The van der Waals surface area contributed by atoms with Gasteiger partial charge >= 0.3 is 5.97 Å². The Balaban J connectivity index is 1.29. The maximum absolute atomic E-state index is 13.0. The molecule has 0 aromatic heterocycles. The molecule has 4 aliphatic carbocycles. The van der Waals surface area contributed by atoms with Crippen molar-refractivity contribution in [2.75, 3.05) is 5.32 Å². The second-order valence-corrected chi connectivity index (χ2v) is 8.42. The van der Waals surface area contributed by atoms with Gasteiger partial charge in [0.2, 0.25) is 5.91 Å². The molecule has 2 aromatic carbocycles. The highest BCUT2D eigenvalue weighted by Gasteiger charge is 2.62. The van der Waals surface area contributed by atoms with Crippen LogP contribution in [-0.2, 0) is 9.59 Å². The van der Waals surface area contributed by atoms with Crippen LogP contribution in [0.3, 0.4) is 0 Å². The zero-order valence-electron chi connectivity index (χ0n) is 16.1. The number of carbonyl (C=O) groups is 2. The minimum absolute atomic E-state index is 0.0106. The largest absolute Gasteiger partial charge is 0.481 e. The standard InChI is InChI=1S/C24H23NO4/c1-13-2-6-15(7-3-13)29-16-8-4-14(5-9-16)25-23(26)21-17-10-11-18(20-12-19(17)20)22(21)24(27)28/h2-11,17-22H,12H2,1H3,(H,25,26)(H,27,28)/t17-,18+,19+,20+,21-,22-/m0/s1. The van der Waals surface area contributed by atoms with Gasteiger partial charge < -0.3 is 15.2 Å². The Bertz CT molecular complexity index is 979. The van der Waals surface area contributed by atoms with Crippen LogP contribution in [0.15, 0.2) is 60.7 Å². The molecule has 1 amide bonds. The molecule has 0 spiro atoms. The maximum Gasteiger partial charge on any atom is 0.307 e. The summed E-state index contributed by atoms with van der Waals surface area (Å²) in [5.74, 6) is 0.184. The lowest BCUT2D eigenvalue weighted by Gasteiger charge is -2.41. The summed E-state index contributed by atoms with van der Waals surface area (Å²) in [4.78, 5) is 24.9. The maximum atomic E-state index is 13.0. The number of hydrogen-bond donors (Lipinski definition) is 2. The average Bonchev–Trinajstić information content (AvgIpc) is 3.53. The quantitative estimate of drug-likeness (QED) is 0.739. The topological polar surface area (TPSA) is 75.6 Å². The molecule has 2 aromatic rings. The van der Waals surface area contributed by atoms with Gasteiger partial charge in [-0.25, -0.2) is 0 Å². The van der Waals surface area contributed by atoms with E-state index in [1.54, 1.807) is 24.3 Å². The van der Waals surface area contributed by atoms with Gasteiger partial charge in [-0.3, -0.25) is 9.59 Å². The first-order chi connectivity index (χ1) is 14.0. The lowest BCUT2D eigenvalue weighted by molar-refractivity contribution is -0.152. The molecule has 6 atom stereocenters. The molecule has 6 rings (SSSR count). The number of fused-ring (bicyclic) bond motifs is 1. The summed E-state index contributed by atoms with van der Waals surface area (Å²) in [7, 11) is 0. The molecule has 0 saturated heterocycles. The number of aryl methyl sites for hydroxylation is 1. The summed E-state index contributed by atoms with van der Waals surface area (Å²) >= 11 is 0. The van der Waals surface area contributed by atoms with Crippen molar-refractivity contribution in [3.05, 3.63) is 66.2 Å². The van der Waals surface area contributed by atoms with Crippen molar-refractivity contribution in [3.8, 4) is 11.5 Å². The number of allylic oxidation sites excluding steroid dienone is 2. The van der Waals surface area contributed by atoms with Crippen LogP contribution < -0.4 is 10.1 Å². The van der Waals surface area contributed by atoms with E-state index in [-0.39, 0.29) is 17.7 Å². The van der Waals surface area contributed by atoms with Gasteiger partial charge in [0.1, 0.15) is 11.5 Å². The van der Waals surface area contributed by atoms with E-state index in [2.05, 4.69) is 11.4 Å². The molecule has 5 heteroatoms. The lowest BCUT2D eigenvalue weighted by Crippen LogP contribution is -2.48. The zero-order chi connectivity index (χ0) is 20.1. The van der Waals surface area contributed by atoms with Crippen molar-refractivity contribution in [2.45, 2.75) is 13.3 Å². The van der Waals surface area contributed by atoms with Crippen LogP contribution in [0.5, 0.6) is 11.5 Å². The molecule has 4 aliphatic rings. The summed E-state index contributed by atoms with van der Waals surface area (Å²) < 4.78 is 5.82. The summed E-state index contributed by atoms with van der Waals surface area (Å²) in [6.45, 7) is 2.02.